The number of nitrogens with zero attached hydrogens (tertiary/aromatic N) is 5. The van der Waals surface area contributed by atoms with Crippen LogP contribution in [0.3, 0.4) is 0 Å². The molecule has 0 spiro atoms. The molecular formula is C31H35ClN8O3S. The zero-order valence-electron chi connectivity index (χ0n) is 25.3. The Morgan fingerprint density at radius 3 is 2.52 bits per heavy atom. The maximum absolute atomic E-state index is 13.7. The highest BCUT2D eigenvalue weighted by Gasteiger charge is 2.26. The van der Waals surface area contributed by atoms with Crippen molar-refractivity contribution in [2.24, 2.45) is 7.05 Å². The second-order valence-electron chi connectivity index (χ2n) is 11.0. The molecule has 3 aromatic heterocycles. The Morgan fingerprint density at radius 2 is 1.86 bits per heavy atom. The molecule has 0 saturated carbocycles. The van der Waals surface area contributed by atoms with Crippen molar-refractivity contribution in [3.8, 4) is 0 Å². The zero-order chi connectivity index (χ0) is 31.5. The minimum Gasteiger partial charge on any atom is -0.377 e. The molecule has 1 aromatic carbocycles. The molecular weight excluding hydrogens is 600 g/mol. The standard InChI is InChI=1S/C31H35ClN8O3S/c1-17-14-22(18(2)34-24-7-8-25(32)36-28(24)29(42)38-44-5)27-23(15-17)30(43)39(4)31(37-27)40-12-10-20(11-13-40)21-6-9-26(33-16-21)35-19(3)41/h6-9,14-16,18,20,34H,10-13H2,1-5H3,(H,38,42)(H,33,35,41). The molecule has 230 valence electrons. The topological polar surface area (TPSA) is 134 Å². The van der Waals surface area contributed by atoms with Gasteiger partial charge < -0.3 is 15.5 Å². The Hall–Kier alpha value is -4.16. The number of carbonyl (C=O) groups is 2. The van der Waals surface area contributed by atoms with Crippen LogP contribution >= 0.6 is 23.5 Å². The summed E-state index contributed by atoms with van der Waals surface area (Å²) in [7, 11) is 1.76. The molecule has 0 aliphatic carbocycles. The van der Waals surface area contributed by atoms with E-state index in [0.29, 0.717) is 34.3 Å². The molecule has 2 amide bonds. The van der Waals surface area contributed by atoms with Gasteiger partial charge in [0.05, 0.1) is 22.6 Å². The van der Waals surface area contributed by atoms with Gasteiger partial charge >= 0.3 is 0 Å². The molecule has 11 nitrogen and oxygen atoms in total. The number of pyridine rings is 2. The number of rotatable bonds is 8. The molecule has 0 radical (unpaired) electrons. The van der Waals surface area contributed by atoms with Crippen molar-refractivity contribution in [3.05, 3.63) is 80.5 Å². The number of hydrogen-bond donors (Lipinski definition) is 3. The monoisotopic (exact) mass is 634 g/mol. The summed E-state index contributed by atoms with van der Waals surface area (Å²) in [5.41, 5.74) is 4.10. The number of aromatic nitrogens is 4. The lowest BCUT2D eigenvalue weighted by Crippen LogP contribution is -2.37. The van der Waals surface area contributed by atoms with Crippen LogP contribution in [0.2, 0.25) is 5.15 Å². The minimum absolute atomic E-state index is 0.116. The third-order valence-corrected chi connectivity index (χ3v) is 8.38. The van der Waals surface area contributed by atoms with Gasteiger partial charge in [0.15, 0.2) is 5.69 Å². The summed E-state index contributed by atoms with van der Waals surface area (Å²) >= 11 is 7.29. The van der Waals surface area contributed by atoms with Crippen molar-refractivity contribution in [2.45, 2.75) is 45.6 Å². The smallest absolute Gasteiger partial charge is 0.281 e. The quantitative estimate of drug-likeness (QED) is 0.176. The molecule has 13 heteroatoms. The molecule has 1 atom stereocenters. The number of benzene rings is 1. The summed E-state index contributed by atoms with van der Waals surface area (Å²) in [5.74, 6) is 0.957. The van der Waals surface area contributed by atoms with Gasteiger partial charge in [0.25, 0.3) is 11.5 Å². The maximum atomic E-state index is 13.7. The van der Waals surface area contributed by atoms with Crippen LogP contribution < -0.4 is 25.8 Å². The van der Waals surface area contributed by atoms with Gasteiger partial charge in [-0.15, -0.1) is 0 Å². The van der Waals surface area contributed by atoms with Gasteiger partial charge in [-0.05, 0) is 68.0 Å². The molecule has 1 unspecified atom stereocenters. The van der Waals surface area contributed by atoms with E-state index in [0.717, 1.165) is 42.6 Å². The van der Waals surface area contributed by atoms with E-state index in [2.05, 4.69) is 30.2 Å². The summed E-state index contributed by atoms with van der Waals surface area (Å²) in [6, 6.07) is 10.8. The lowest BCUT2D eigenvalue weighted by molar-refractivity contribution is -0.114. The van der Waals surface area contributed by atoms with Gasteiger partial charge in [-0.25, -0.2) is 15.0 Å². The molecule has 3 N–H and O–H groups in total. The van der Waals surface area contributed by atoms with Crippen LogP contribution in [-0.2, 0) is 11.8 Å². The third-order valence-electron chi connectivity index (χ3n) is 7.78. The molecule has 1 aliphatic heterocycles. The SMILES string of the molecule is CSNC(=O)c1nc(Cl)ccc1NC(C)c1cc(C)cc2c(=O)n(C)c(N3CCC(c4ccc(NC(C)=O)nc4)CC3)nc12. The second-order valence-corrected chi connectivity index (χ2v) is 12.0. The van der Waals surface area contributed by atoms with E-state index >= 15 is 0 Å². The zero-order valence-corrected chi connectivity index (χ0v) is 26.8. The van der Waals surface area contributed by atoms with Gasteiger partial charge in [-0.1, -0.05) is 35.7 Å². The van der Waals surface area contributed by atoms with E-state index < -0.39 is 0 Å². The van der Waals surface area contributed by atoms with Gasteiger partial charge in [0.1, 0.15) is 11.0 Å². The van der Waals surface area contributed by atoms with E-state index in [1.54, 1.807) is 30.0 Å². The lowest BCUT2D eigenvalue weighted by Gasteiger charge is -2.34. The predicted molar refractivity (Wildman–Crippen MR) is 177 cm³/mol. The largest absolute Gasteiger partial charge is 0.377 e. The Kier molecular flexibility index (Phi) is 9.40. The fraction of sp³-hybridized carbons (Fsp3) is 0.355. The second kappa shape index (κ2) is 13.2. The van der Waals surface area contributed by atoms with Crippen molar-refractivity contribution in [2.75, 3.05) is 34.9 Å². The summed E-state index contributed by atoms with van der Waals surface area (Å²) in [5, 5.41) is 6.86. The molecule has 1 aliphatic rings. The first-order valence-electron chi connectivity index (χ1n) is 14.3. The van der Waals surface area contributed by atoms with Crippen LogP contribution in [0.5, 0.6) is 0 Å². The van der Waals surface area contributed by atoms with Crippen LogP contribution in [0.4, 0.5) is 17.5 Å². The van der Waals surface area contributed by atoms with E-state index in [9.17, 15) is 14.4 Å². The van der Waals surface area contributed by atoms with E-state index in [-0.39, 0.29) is 34.3 Å². The summed E-state index contributed by atoms with van der Waals surface area (Å²) in [6.07, 6.45) is 5.33. The normalized spacial score (nSPS) is 14.4. The summed E-state index contributed by atoms with van der Waals surface area (Å²) in [6.45, 7) is 6.83. The van der Waals surface area contributed by atoms with Crippen LogP contribution in [0.1, 0.15) is 65.8 Å². The molecule has 1 fully saturated rings. The Morgan fingerprint density at radius 1 is 1.11 bits per heavy atom. The molecule has 4 heterocycles. The fourth-order valence-corrected chi connectivity index (χ4v) is 6.07. The van der Waals surface area contributed by atoms with Crippen molar-refractivity contribution in [1.82, 2.24) is 24.2 Å². The first kappa shape index (κ1) is 31.3. The number of anilines is 3. The lowest BCUT2D eigenvalue weighted by atomic mass is 9.90. The Labute approximate surface area is 265 Å². The van der Waals surface area contributed by atoms with Crippen molar-refractivity contribution in [1.29, 1.82) is 0 Å². The Balaban J connectivity index is 1.43. The number of nitrogens with one attached hydrogen (secondary N) is 3. The number of aryl methyl sites for hydroxylation is 1. The first-order valence-corrected chi connectivity index (χ1v) is 15.9. The number of hydrogen-bond acceptors (Lipinski definition) is 9. The average molecular weight is 635 g/mol. The first-order chi connectivity index (χ1) is 21.0. The van der Waals surface area contributed by atoms with Gasteiger partial charge in [0.2, 0.25) is 11.9 Å². The highest BCUT2D eigenvalue weighted by molar-refractivity contribution is 7.97. The van der Waals surface area contributed by atoms with E-state index in [1.807, 2.05) is 44.3 Å². The summed E-state index contributed by atoms with van der Waals surface area (Å²) < 4.78 is 4.32. The van der Waals surface area contributed by atoms with Gasteiger partial charge in [-0.3, -0.25) is 23.7 Å². The van der Waals surface area contributed by atoms with Crippen molar-refractivity contribution >= 4 is 63.7 Å². The van der Waals surface area contributed by atoms with E-state index in [1.165, 1.54) is 18.9 Å². The van der Waals surface area contributed by atoms with Crippen LogP contribution in [0.25, 0.3) is 10.9 Å². The molecule has 4 aromatic rings. The van der Waals surface area contributed by atoms with Crippen LogP contribution in [-0.4, -0.2) is 50.7 Å². The van der Waals surface area contributed by atoms with Crippen LogP contribution in [0, 0.1) is 6.92 Å². The summed E-state index contributed by atoms with van der Waals surface area (Å²) in [4.78, 5) is 53.6. The fourth-order valence-electron chi connectivity index (χ4n) is 5.64. The molecule has 1 saturated heterocycles. The molecule has 44 heavy (non-hydrogen) atoms. The third kappa shape index (κ3) is 6.66. The maximum Gasteiger partial charge on any atom is 0.281 e. The van der Waals surface area contributed by atoms with Crippen LogP contribution in [0.15, 0.2) is 47.4 Å². The van der Waals surface area contributed by atoms with Gasteiger partial charge in [0, 0.05) is 45.1 Å². The molecule has 0 bridgehead atoms. The minimum atomic E-state index is -0.360. The molecule has 5 rings (SSSR count). The number of amides is 2. The van der Waals surface area contributed by atoms with Gasteiger partial charge in [-0.2, -0.15) is 0 Å². The number of halogens is 1. The van der Waals surface area contributed by atoms with Crippen molar-refractivity contribution in [3.63, 3.8) is 0 Å². The Bertz CT molecular complexity index is 1770. The number of piperidine rings is 1. The average Bonchev–Trinajstić information content (AvgIpc) is 3.00. The van der Waals surface area contributed by atoms with E-state index in [4.69, 9.17) is 16.6 Å². The highest BCUT2D eigenvalue weighted by atomic mass is 35.5. The number of carbonyl (C=O) groups excluding carboxylic acids is 2. The predicted octanol–water partition coefficient (Wildman–Crippen LogP) is 5.21. The number of fused-ring (bicyclic) bond motifs is 1. The highest BCUT2D eigenvalue weighted by Crippen LogP contribution is 2.32. The van der Waals surface area contributed by atoms with Crippen molar-refractivity contribution < 1.29 is 9.59 Å².